The molecule has 3 heterocycles. The van der Waals surface area contributed by atoms with Gasteiger partial charge >= 0.3 is 0 Å². The third-order valence-electron chi connectivity index (χ3n) is 9.05. The Morgan fingerprint density at radius 2 is 1.10 bits per heavy atom. The zero-order valence-corrected chi connectivity index (χ0v) is 27.2. The van der Waals surface area contributed by atoms with Crippen LogP contribution in [-0.4, -0.2) is 15.0 Å². The van der Waals surface area contributed by atoms with Crippen LogP contribution in [0.1, 0.15) is 6.85 Å². The van der Waals surface area contributed by atoms with Crippen molar-refractivity contribution in [3.05, 3.63) is 164 Å². The summed E-state index contributed by atoms with van der Waals surface area (Å²) < 4.78 is 50.2. The lowest BCUT2D eigenvalue weighted by Gasteiger charge is -2.09. The Kier molecular flexibility index (Phi) is 5.54. The molecule has 0 unspecified atom stereocenters. The molecule has 3 aromatic heterocycles. The number of thiophene rings is 1. The van der Waals surface area contributed by atoms with Gasteiger partial charge in [-0.3, -0.25) is 0 Å². The topological polar surface area (TPSA) is 51.8 Å². The smallest absolute Gasteiger partial charge is 0.167 e. The molecular formula is C45H27N3OS. The van der Waals surface area contributed by atoms with Gasteiger partial charge in [0.2, 0.25) is 0 Å². The van der Waals surface area contributed by atoms with E-state index < -0.39 is 6.04 Å². The molecule has 0 N–H and O–H groups in total. The maximum atomic E-state index is 8.44. The molecule has 0 aliphatic heterocycles. The van der Waals surface area contributed by atoms with Crippen LogP contribution in [0.5, 0.6) is 0 Å². The highest BCUT2D eigenvalue weighted by Crippen LogP contribution is 2.42. The second kappa shape index (κ2) is 11.6. The summed E-state index contributed by atoms with van der Waals surface area (Å²) in [5, 5.41) is 4.46. The lowest BCUT2D eigenvalue weighted by molar-refractivity contribution is 0.669. The van der Waals surface area contributed by atoms with E-state index in [1.807, 2.05) is 59.9 Å². The highest BCUT2D eigenvalue weighted by atomic mass is 32.1. The molecule has 0 aliphatic carbocycles. The first-order valence-electron chi connectivity index (χ1n) is 18.7. The summed E-state index contributed by atoms with van der Waals surface area (Å²) in [4.78, 5) is 14.8. The Morgan fingerprint density at radius 1 is 0.460 bits per heavy atom. The standard InChI is InChI=1S/C45H27N3OS/c1-3-11-28(12-4-1)29-21-23-31(24-22-29)44-46-43(30-13-5-2-6-14-30)47-45(48-44)37-19-10-17-35-38-27-32(25-26-39(38)49-41(35)37)33-16-9-18-36-34-15-7-8-20-40(34)50-42(33)36/h1-27H/i1D,3D,4D,11D,12D. The Morgan fingerprint density at radius 3 is 1.92 bits per heavy atom. The van der Waals surface area contributed by atoms with Crippen molar-refractivity contribution in [2.24, 2.45) is 0 Å². The van der Waals surface area contributed by atoms with Crippen LogP contribution in [0.15, 0.2) is 168 Å². The Labute approximate surface area is 299 Å². The van der Waals surface area contributed by atoms with Gasteiger partial charge in [-0.05, 0) is 46.5 Å². The van der Waals surface area contributed by atoms with Crippen LogP contribution in [0.4, 0.5) is 0 Å². The zero-order chi connectivity index (χ0) is 37.4. The lowest BCUT2D eigenvalue weighted by atomic mass is 10.00. The normalized spacial score (nSPS) is 13.0. The van der Waals surface area contributed by atoms with Crippen LogP contribution in [0, 0.1) is 0 Å². The fourth-order valence-electron chi connectivity index (χ4n) is 6.64. The van der Waals surface area contributed by atoms with E-state index in [-0.39, 0.29) is 29.7 Å². The predicted octanol–water partition coefficient (Wildman–Crippen LogP) is 12.5. The van der Waals surface area contributed by atoms with Gasteiger partial charge < -0.3 is 4.42 Å². The van der Waals surface area contributed by atoms with Gasteiger partial charge in [-0.1, -0.05) is 139 Å². The van der Waals surface area contributed by atoms with Crippen molar-refractivity contribution in [2.45, 2.75) is 0 Å². The highest BCUT2D eigenvalue weighted by molar-refractivity contribution is 7.26. The third kappa shape index (κ3) is 4.79. The lowest BCUT2D eigenvalue weighted by Crippen LogP contribution is -2.00. The van der Waals surface area contributed by atoms with Crippen molar-refractivity contribution in [1.29, 1.82) is 0 Å². The molecule has 0 amide bonds. The molecule has 10 aromatic rings. The molecule has 10 rings (SSSR count). The molecule has 0 bridgehead atoms. The third-order valence-corrected chi connectivity index (χ3v) is 10.3. The van der Waals surface area contributed by atoms with E-state index in [0.717, 1.165) is 33.0 Å². The second-order valence-electron chi connectivity index (χ2n) is 12.0. The maximum absolute atomic E-state index is 8.44. The highest BCUT2D eigenvalue weighted by Gasteiger charge is 2.19. The van der Waals surface area contributed by atoms with Crippen molar-refractivity contribution in [3.63, 3.8) is 0 Å². The summed E-state index contributed by atoms with van der Waals surface area (Å²) in [5.41, 5.74) is 6.56. The molecule has 7 aromatic carbocycles. The van der Waals surface area contributed by atoms with Gasteiger partial charge in [0.15, 0.2) is 17.5 Å². The predicted molar refractivity (Wildman–Crippen MR) is 207 cm³/mol. The largest absolute Gasteiger partial charge is 0.455 e. The average molecular weight is 663 g/mol. The number of nitrogens with zero attached hydrogens (tertiary/aromatic N) is 3. The van der Waals surface area contributed by atoms with Gasteiger partial charge in [-0.25, -0.2) is 15.0 Å². The summed E-state index contributed by atoms with van der Waals surface area (Å²) in [6.45, 7) is 0. The van der Waals surface area contributed by atoms with Crippen LogP contribution >= 0.6 is 11.3 Å². The summed E-state index contributed by atoms with van der Waals surface area (Å²) >= 11 is 1.81. The fraction of sp³-hybridized carbons (Fsp3) is 0. The van der Waals surface area contributed by atoms with Gasteiger partial charge in [0.05, 0.1) is 12.4 Å². The number of fused-ring (bicyclic) bond motifs is 6. The SMILES string of the molecule is [2H]c1c([2H])c([2H])c(-c2ccc(-c3nc(-c4ccccc4)nc(-c4cccc5c4oc4ccc(-c6cccc7c6sc6ccccc67)cc45)n3)cc2)c([2H])c1[2H]. The quantitative estimate of drug-likeness (QED) is 0.184. The first kappa shape index (κ1) is 23.8. The van der Waals surface area contributed by atoms with Gasteiger partial charge in [0.1, 0.15) is 11.2 Å². The van der Waals surface area contributed by atoms with Gasteiger partial charge in [0, 0.05) is 42.1 Å². The number of benzene rings is 7. The molecule has 0 spiro atoms. The van der Waals surface area contributed by atoms with Crippen molar-refractivity contribution in [2.75, 3.05) is 0 Å². The van der Waals surface area contributed by atoms with E-state index in [4.69, 9.17) is 26.2 Å². The molecule has 5 heteroatoms. The summed E-state index contributed by atoms with van der Waals surface area (Å²) in [7, 11) is 0. The molecule has 234 valence electrons. The number of furan rings is 1. The van der Waals surface area contributed by atoms with Crippen LogP contribution in [0.25, 0.3) is 98.5 Å². The number of para-hydroxylation sites is 1. The van der Waals surface area contributed by atoms with E-state index >= 15 is 0 Å². The Balaban J connectivity index is 1.11. The van der Waals surface area contributed by atoms with Crippen LogP contribution < -0.4 is 0 Å². The molecule has 4 nitrogen and oxygen atoms in total. The van der Waals surface area contributed by atoms with Gasteiger partial charge in [0.25, 0.3) is 0 Å². The number of rotatable bonds is 5. The molecule has 50 heavy (non-hydrogen) atoms. The van der Waals surface area contributed by atoms with Crippen molar-refractivity contribution in [3.8, 4) is 56.4 Å². The monoisotopic (exact) mass is 662 g/mol. The van der Waals surface area contributed by atoms with Crippen LogP contribution in [0.3, 0.4) is 0 Å². The first-order valence-corrected chi connectivity index (χ1v) is 17.0. The number of hydrogen-bond donors (Lipinski definition) is 0. The summed E-state index contributed by atoms with van der Waals surface area (Å²) in [5.74, 6) is 1.35. The summed E-state index contributed by atoms with van der Waals surface area (Å²) in [6.07, 6.45) is 0. The molecule has 0 atom stereocenters. The maximum Gasteiger partial charge on any atom is 0.167 e. The molecule has 0 aliphatic rings. The van der Waals surface area contributed by atoms with E-state index in [0.29, 0.717) is 34.2 Å². The minimum Gasteiger partial charge on any atom is -0.455 e. The van der Waals surface area contributed by atoms with E-state index in [1.165, 1.54) is 25.7 Å². The summed E-state index contributed by atoms with van der Waals surface area (Å²) in [6, 6.07) is 42.5. The molecule has 0 saturated heterocycles. The second-order valence-corrected chi connectivity index (χ2v) is 13.1. The van der Waals surface area contributed by atoms with Gasteiger partial charge in [-0.2, -0.15) is 0 Å². The fourth-order valence-corrected chi connectivity index (χ4v) is 7.88. The molecule has 0 saturated carbocycles. The molecule has 0 fully saturated rings. The molecular weight excluding hydrogens is 631 g/mol. The van der Waals surface area contributed by atoms with Crippen molar-refractivity contribution >= 4 is 53.4 Å². The van der Waals surface area contributed by atoms with E-state index in [9.17, 15) is 0 Å². The van der Waals surface area contributed by atoms with Gasteiger partial charge in [-0.15, -0.1) is 11.3 Å². The average Bonchev–Trinajstić information content (AvgIpc) is 3.81. The van der Waals surface area contributed by atoms with E-state index in [2.05, 4.69) is 60.7 Å². The van der Waals surface area contributed by atoms with Crippen molar-refractivity contribution in [1.82, 2.24) is 15.0 Å². The van der Waals surface area contributed by atoms with Crippen molar-refractivity contribution < 1.29 is 11.3 Å². The first-order chi connectivity index (χ1) is 26.8. The minimum absolute atomic E-state index is 0.138. The van der Waals surface area contributed by atoms with Crippen LogP contribution in [-0.2, 0) is 0 Å². The van der Waals surface area contributed by atoms with Crippen LogP contribution in [0.2, 0.25) is 0 Å². The molecule has 0 radical (unpaired) electrons. The Hall–Kier alpha value is -6.43. The minimum atomic E-state index is -0.425. The Bertz CT molecular complexity index is 3130. The number of hydrogen-bond acceptors (Lipinski definition) is 5. The zero-order valence-electron chi connectivity index (χ0n) is 31.4. The number of aromatic nitrogens is 3. The van der Waals surface area contributed by atoms with E-state index in [1.54, 1.807) is 24.3 Å².